The second kappa shape index (κ2) is 3.75. The molecule has 0 aliphatic heterocycles. The lowest BCUT2D eigenvalue weighted by Gasteiger charge is -2.32. The van der Waals surface area contributed by atoms with E-state index in [2.05, 4.69) is 37.9 Å². The monoisotopic (exact) mass is 291 g/mol. The molecule has 0 bridgehead atoms. The summed E-state index contributed by atoms with van der Waals surface area (Å²) in [5.41, 5.74) is 0. The van der Waals surface area contributed by atoms with Crippen molar-refractivity contribution in [3.8, 4) is 0 Å². The van der Waals surface area contributed by atoms with Crippen molar-refractivity contribution in [3.63, 3.8) is 0 Å². The van der Waals surface area contributed by atoms with E-state index < -0.39 is 0 Å². The van der Waals surface area contributed by atoms with Crippen LogP contribution in [0.4, 0.5) is 5.95 Å². The van der Waals surface area contributed by atoms with Crippen LogP contribution in [0.5, 0.6) is 0 Å². The highest BCUT2D eigenvalue weighted by Crippen LogP contribution is 2.22. The van der Waals surface area contributed by atoms with Crippen LogP contribution in [0, 0.1) is 3.57 Å². The molecule has 0 radical (unpaired) electrons. The van der Waals surface area contributed by atoms with Gasteiger partial charge < -0.3 is 10.4 Å². The van der Waals surface area contributed by atoms with Crippen molar-refractivity contribution in [2.75, 3.05) is 5.32 Å². The van der Waals surface area contributed by atoms with Crippen LogP contribution in [0.2, 0.25) is 0 Å². The van der Waals surface area contributed by atoms with Crippen molar-refractivity contribution in [3.05, 3.63) is 16.0 Å². The SMILES string of the molecule is O[C@@H]1CC[C@H]1Nc1ncc(I)cn1. The third-order valence-electron chi connectivity index (χ3n) is 2.17. The molecule has 2 N–H and O–H groups in total. The van der Waals surface area contributed by atoms with Crippen molar-refractivity contribution < 1.29 is 5.11 Å². The standard InChI is InChI=1S/C8H10IN3O/c9-5-3-10-8(11-4-5)12-6-1-2-7(6)13/h3-4,6-7,13H,1-2H2,(H,10,11,12)/t6-,7-/m1/s1. The van der Waals surface area contributed by atoms with Gasteiger partial charge >= 0.3 is 0 Å². The number of halogens is 1. The summed E-state index contributed by atoms with van der Waals surface area (Å²) >= 11 is 2.16. The molecular weight excluding hydrogens is 281 g/mol. The molecule has 4 nitrogen and oxygen atoms in total. The average Bonchev–Trinajstić information content (AvgIpc) is 2.15. The molecule has 70 valence electrons. The first-order chi connectivity index (χ1) is 6.25. The number of aliphatic hydroxyl groups is 1. The number of nitrogens with zero attached hydrogens (tertiary/aromatic N) is 2. The van der Waals surface area contributed by atoms with E-state index in [-0.39, 0.29) is 12.1 Å². The molecule has 2 rings (SSSR count). The number of rotatable bonds is 2. The first-order valence-corrected chi connectivity index (χ1v) is 5.26. The average molecular weight is 291 g/mol. The van der Waals surface area contributed by atoms with Crippen LogP contribution in [0.25, 0.3) is 0 Å². The Kier molecular flexibility index (Phi) is 2.63. The van der Waals surface area contributed by atoms with E-state index in [1.807, 2.05) is 0 Å². The molecule has 0 saturated heterocycles. The number of aliphatic hydroxyl groups excluding tert-OH is 1. The van der Waals surface area contributed by atoms with Gasteiger partial charge in [-0.25, -0.2) is 9.97 Å². The molecular formula is C8H10IN3O. The van der Waals surface area contributed by atoms with E-state index in [4.69, 9.17) is 0 Å². The molecule has 0 amide bonds. The topological polar surface area (TPSA) is 58.0 Å². The number of aromatic nitrogens is 2. The highest BCUT2D eigenvalue weighted by atomic mass is 127. The fourth-order valence-electron chi connectivity index (χ4n) is 1.20. The summed E-state index contributed by atoms with van der Waals surface area (Å²) in [4.78, 5) is 8.19. The molecule has 0 spiro atoms. The Morgan fingerprint density at radius 1 is 1.38 bits per heavy atom. The predicted octanol–water partition coefficient (Wildman–Crippen LogP) is 1.02. The second-order valence-electron chi connectivity index (χ2n) is 3.12. The fraction of sp³-hybridized carbons (Fsp3) is 0.500. The van der Waals surface area contributed by atoms with Gasteiger partial charge in [0.15, 0.2) is 0 Å². The van der Waals surface area contributed by atoms with E-state index in [0.29, 0.717) is 5.95 Å². The van der Waals surface area contributed by atoms with Crippen molar-refractivity contribution >= 4 is 28.5 Å². The molecule has 1 aromatic heterocycles. The Balaban J connectivity index is 1.98. The minimum atomic E-state index is -0.233. The van der Waals surface area contributed by atoms with Gasteiger partial charge in [0.1, 0.15) is 0 Å². The normalized spacial score (nSPS) is 26.6. The van der Waals surface area contributed by atoms with E-state index in [9.17, 15) is 5.11 Å². The first-order valence-electron chi connectivity index (χ1n) is 4.18. The van der Waals surface area contributed by atoms with Crippen LogP contribution in [0.15, 0.2) is 12.4 Å². The lowest BCUT2D eigenvalue weighted by Crippen LogP contribution is -2.43. The minimum absolute atomic E-state index is 0.139. The summed E-state index contributed by atoms with van der Waals surface area (Å²) in [5.74, 6) is 0.601. The Labute approximate surface area is 89.9 Å². The summed E-state index contributed by atoms with van der Waals surface area (Å²) in [6.45, 7) is 0. The van der Waals surface area contributed by atoms with Crippen molar-refractivity contribution in [1.29, 1.82) is 0 Å². The van der Waals surface area contributed by atoms with Gasteiger partial charge in [-0.1, -0.05) is 0 Å². The van der Waals surface area contributed by atoms with Gasteiger partial charge in [0, 0.05) is 16.0 Å². The van der Waals surface area contributed by atoms with Gasteiger partial charge in [-0.15, -0.1) is 0 Å². The molecule has 1 fully saturated rings. The zero-order valence-electron chi connectivity index (χ0n) is 6.94. The van der Waals surface area contributed by atoms with Gasteiger partial charge in [-0.3, -0.25) is 0 Å². The summed E-state index contributed by atoms with van der Waals surface area (Å²) in [6.07, 6.45) is 5.14. The summed E-state index contributed by atoms with van der Waals surface area (Å²) < 4.78 is 1.01. The molecule has 2 atom stereocenters. The van der Waals surface area contributed by atoms with E-state index >= 15 is 0 Å². The Morgan fingerprint density at radius 3 is 2.54 bits per heavy atom. The zero-order chi connectivity index (χ0) is 9.26. The quantitative estimate of drug-likeness (QED) is 0.799. The molecule has 1 aliphatic rings. The van der Waals surface area contributed by atoms with Gasteiger partial charge in [0.05, 0.1) is 12.1 Å². The maximum atomic E-state index is 9.30. The second-order valence-corrected chi connectivity index (χ2v) is 4.37. The molecule has 1 heterocycles. The zero-order valence-corrected chi connectivity index (χ0v) is 9.10. The maximum Gasteiger partial charge on any atom is 0.222 e. The minimum Gasteiger partial charge on any atom is -0.391 e. The van der Waals surface area contributed by atoms with Crippen LogP contribution >= 0.6 is 22.6 Å². The van der Waals surface area contributed by atoms with Crippen molar-refractivity contribution in [2.24, 2.45) is 0 Å². The number of anilines is 1. The lowest BCUT2D eigenvalue weighted by atomic mass is 9.89. The molecule has 5 heteroatoms. The molecule has 1 aliphatic carbocycles. The smallest absolute Gasteiger partial charge is 0.222 e. The van der Waals surface area contributed by atoms with Gasteiger partial charge in [-0.2, -0.15) is 0 Å². The number of hydrogen-bond donors (Lipinski definition) is 2. The summed E-state index contributed by atoms with van der Waals surface area (Å²) in [7, 11) is 0. The largest absolute Gasteiger partial charge is 0.391 e. The molecule has 1 saturated carbocycles. The summed E-state index contributed by atoms with van der Waals surface area (Å²) in [6, 6.07) is 0.139. The first kappa shape index (κ1) is 9.14. The van der Waals surface area contributed by atoms with Gasteiger partial charge in [-0.05, 0) is 35.4 Å². The van der Waals surface area contributed by atoms with Crippen LogP contribution < -0.4 is 5.32 Å². The highest BCUT2D eigenvalue weighted by molar-refractivity contribution is 14.1. The van der Waals surface area contributed by atoms with Crippen molar-refractivity contribution in [1.82, 2.24) is 9.97 Å². The van der Waals surface area contributed by atoms with E-state index in [1.54, 1.807) is 12.4 Å². The van der Waals surface area contributed by atoms with Crippen LogP contribution in [-0.2, 0) is 0 Å². The maximum absolute atomic E-state index is 9.30. The Morgan fingerprint density at radius 2 is 2.08 bits per heavy atom. The summed E-state index contributed by atoms with van der Waals surface area (Å²) in [5, 5.41) is 12.4. The van der Waals surface area contributed by atoms with E-state index in [0.717, 1.165) is 16.4 Å². The third-order valence-corrected chi connectivity index (χ3v) is 2.73. The predicted molar refractivity (Wildman–Crippen MR) is 57.4 cm³/mol. The Bertz CT molecular complexity index is 290. The van der Waals surface area contributed by atoms with Crippen LogP contribution in [-0.4, -0.2) is 27.2 Å². The van der Waals surface area contributed by atoms with E-state index in [1.165, 1.54) is 0 Å². The highest BCUT2D eigenvalue weighted by Gasteiger charge is 2.28. The Hall–Kier alpha value is -0.430. The van der Waals surface area contributed by atoms with Crippen LogP contribution in [0.3, 0.4) is 0 Å². The molecule has 13 heavy (non-hydrogen) atoms. The lowest BCUT2D eigenvalue weighted by molar-refractivity contribution is 0.0782. The molecule has 0 unspecified atom stereocenters. The van der Waals surface area contributed by atoms with Crippen molar-refractivity contribution in [2.45, 2.75) is 25.0 Å². The third kappa shape index (κ3) is 2.08. The van der Waals surface area contributed by atoms with Crippen LogP contribution in [0.1, 0.15) is 12.8 Å². The van der Waals surface area contributed by atoms with Gasteiger partial charge in [0.2, 0.25) is 5.95 Å². The van der Waals surface area contributed by atoms with Gasteiger partial charge in [0.25, 0.3) is 0 Å². The fourth-order valence-corrected chi connectivity index (χ4v) is 1.48. The molecule has 0 aromatic carbocycles. The molecule has 1 aromatic rings. The number of hydrogen-bond acceptors (Lipinski definition) is 4. The number of nitrogens with one attached hydrogen (secondary N) is 1.